The van der Waals surface area contributed by atoms with Crippen LogP contribution in [0.5, 0.6) is 0 Å². The van der Waals surface area contributed by atoms with Crippen LogP contribution in [0.25, 0.3) is 6.15 Å². The second-order valence-electron chi connectivity index (χ2n) is 0. The van der Waals surface area contributed by atoms with Crippen molar-refractivity contribution in [3.05, 3.63) is 12.7 Å². The maximum absolute atomic E-state index is 6.25. The van der Waals surface area contributed by atoms with Crippen molar-refractivity contribution >= 4 is 0 Å². The van der Waals surface area contributed by atoms with E-state index in [0.29, 0.717) is 0 Å². The molecule has 0 aromatic rings. The summed E-state index contributed by atoms with van der Waals surface area (Å²) in [5, 5.41) is 6.25. The molecule has 0 heterocycles. The molecule has 2 N–H and O–H groups in total. The van der Waals surface area contributed by atoms with Crippen LogP contribution >= 0.6 is 0 Å². The van der Waals surface area contributed by atoms with Gasteiger partial charge in [-0.25, -0.2) is 0 Å². The van der Waals surface area contributed by atoms with Crippen LogP contribution in [0.1, 0.15) is 0 Å². The zero-order chi connectivity index (χ0) is 2.00. The second-order valence-corrected chi connectivity index (χ2v) is 0. The van der Waals surface area contributed by atoms with E-state index in [4.69, 9.17) is 11.8 Å². The standard InChI is InChI=1S/CN.Fe.H2N/c1-2;;/h;;1H2/q-1;+2;-1. The van der Waals surface area contributed by atoms with E-state index in [1.54, 1.807) is 0 Å². The Morgan fingerprint density at radius 1 is 1.25 bits per heavy atom. The Bertz CT molecular complexity index is 10.8. The average molecular weight is 97.9 g/mol. The maximum Gasteiger partial charge on any atom is 2.00 e. The van der Waals surface area contributed by atoms with E-state index in [1.165, 1.54) is 0 Å². The molecule has 0 spiro atoms. The van der Waals surface area contributed by atoms with Gasteiger partial charge in [0.15, 0.2) is 0 Å². The number of hydrogen-bond acceptors (Lipinski definition) is 1. The summed E-state index contributed by atoms with van der Waals surface area (Å²) >= 11 is 0. The number of nitrogens with two attached hydrogens (primary N) is 1. The summed E-state index contributed by atoms with van der Waals surface area (Å²) in [4.78, 5) is 0. The van der Waals surface area contributed by atoms with Gasteiger partial charge in [0, 0.05) is 0 Å². The molecule has 0 aliphatic rings. The first kappa shape index (κ1) is 37.2. The fourth-order valence-electron chi connectivity index (χ4n) is 0. The van der Waals surface area contributed by atoms with Gasteiger partial charge in [-0.15, -0.1) is 0 Å². The first-order valence-electron chi connectivity index (χ1n) is 0.224. The summed E-state index contributed by atoms with van der Waals surface area (Å²) in [6, 6.07) is 0. The Morgan fingerprint density at radius 2 is 1.25 bits per heavy atom. The van der Waals surface area contributed by atoms with Gasteiger partial charge in [-0.2, -0.15) is 0 Å². The second kappa shape index (κ2) is 12400. The van der Waals surface area contributed by atoms with Crippen LogP contribution in [0.4, 0.5) is 0 Å². The van der Waals surface area contributed by atoms with Crippen molar-refractivity contribution < 1.29 is 17.1 Å². The van der Waals surface area contributed by atoms with Gasteiger partial charge < -0.3 is 18.0 Å². The molecule has 0 aliphatic heterocycles. The molecular weight excluding hydrogens is 95.9 g/mol. The fourth-order valence-corrected chi connectivity index (χ4v) is 0. The molecule has 0 fully saturated rings. The average Bonchev–Trinajstić information content (AvgIpc) is 1.00. The van der Waals surface area contributed by atoms with Crippen LogP contribution < -0.4 is 0 Å². The van der Waals surface area contributed by atoms with Gasteiger partial charge in [-0.05, 0) is 0 Å². The summed E-state index contributed by atoms with van der Waals surface area (Å²) in [5.41, 5.74) is 0. The zero-order valence-corrected chi connectivity index (χ0v) is 2.98. The molecule has 0 rings (SSSR count). The third kappa shape index (κ3) is 1990. The summed E-state index contributed by atoms with van der Waals surface area (Å²) < 4.78 is 0. The fraction of sp³-hybridized carbons (Fsp3) is 0. The summed E-state index contributed by atoms with van der Waals surface area (Å²) in [7, 11) is 0. The van der Waals surface area contributed by atoms with Crippen molar-refractivity contribution in [3.8, 4) is 0 Å². The Kier molecular flexibility index (Phi) is 115000. The van der Waals surface area contributed by atoms with Gasteiger partial charge in [0.25, 0.3) is 0 Å². The normalized spacial score (nSPS) is 0.500. The molecule has 0 aromatic carbocycles. The molecule has 0 saturated heterocycles. The van der Waals surface area contributed by atoms with Crippen molar-refractivity contribution in [2.24, 2.45) is 0 Å². The summed E-state index contributed by atoms with van der Waals surface area (Å²) in [6.07, 6.45) is 0. The third-order valence-electron chi connectivity index (χ3n) is 0. The van der Waals surface area contributed by atoms with E-state index in [-0.39, 0.29) is 23.2 Å². The Hall–Kier alpha value is -0.0305. The van der Waals surface area contributed by atoms with Gasteiger partial charge in [0.1, 0.15) is 0 Å². The largest absolute Gasteiger partial charge is 2.00 e. The van der Waals surface area contributed by atoms with E-state index in [0.717, 1.165) is 0 Å². The molecule has 0 saturated carbocycles. The third-order valence-corrected chi connectivity index (χ3v) is 0. The van der Waals surface area contributed by atoms with Crippen LogP contribution in [-0.2, 0) is 17.1 Å². The van der Waals surface area contributed by atoms with Gasteiger partial charge in [0.2, 0.25) is 0 Å². The van der Waals surface area contributed by atoms with Crippen LogP contribution in [-0.4, -0.2) is 0 Å². The van der Waals surface area contributed by atoms with E-state index >= 15 is 0 Å². The molecule has 2 nitrogen and oxygen atoms in total. The number of rotatable bonds is 0. The molecule has 4 heavy (non-hydrogen) atoms. The Balaban J connectivity index is -0.00000000500. The van der Waals surface area contributed by atoms with E-state index < -0.39 is 0 Å². The van der Waals surface area contributed by atoms with Crippen LogP contribution in [0.3, 0.4) is 0 Å². The Labute approximate surface area is 35.9 Å². The molecule has 3 heteroatoms. The molecule has 0 aliphatic carbocycles. The van der Waals surface area contributed by atoms with Crippen LogP contribution in [0.2, 0.25) is 0 Å². The van der Waals surface area contributed by atoms with Gasteiger partial charge in [0.05, 0.1) is 0 Å². The number of nitrogens with zero attached hydrogens (tertiary/aromatic N) is 1. The van der Waals surface area contributed by atoms with Gasteiger partial charge >= 0.3 is 17.1 Å². The van der Waals surface area contributed by atoms with E-state index in [2.05, 4.69) is 0 Å². The predicted octanol–water partition coefficient (Wildman–Crippen LogP) is 0.811. The Morgan fingerprint density at radius 3 is 1.25 bits per heavy atom. The molecule has 0 atom stereocenters. The first-order valence-corrected chi connectivity index (χ1v) is 0.224. The van der Waals surface area contributed by atoms with Crippen LogP contribution in [0.15, 0.2) is 0 Å². The van der Waals surface area contributed by atoms with Gasteiger partial charge in [-0.1, -0.05) is 0 Å². The number of hydrogen-bond donors (Lipinski definition) is 0. The first-order chi connectivity index (χ1) is 1.00. The quantitative estimate of drug-likeness (QED) is 0.326. The topological polar surface area (TPSA) is 57.3 Å². The monoisotopic (exact) mass is 98.0 g/mol. The molecular formula is CH2FeN2. The minimum atomic E-state index is 0. The molecule has 0 radical (unpaired) electrons. The molecule has 0 aromatic heterocycles. The molecule has 0 bridgehead atoms. The summed E-state index contributed by atoms with van der Waals surface area (Å²) in [5.74, 6) is 0. The molecule has 0 unspecified atom stereocenters. The van der Waals surface area contributed by atoms with Crippen molar-refractivity contribution in [2.75, 3.05) is 0 Å². The van der Waals surface area contributed by atoms with Crippen molar-refractivity contribution in [1.29, 1.82) is 5.26 Å². The predicted molar refractivity (Wildman–Crippen MR) is 10.3 cm³/mol. The SMILES string of the molecule is [C-]#N.[Fe+2].[NH2-]. The summed E-state index contributed by atoms with van der Waals surface area (Å²) in [6.45, 7) is 4.75. The molecule has 0 amide bonds. The van der Waals surface area contributed by atoms with Crippen molar-refractivity contribution in [3.63, 3.8) is 0 Å². The van der Waals surface area contributed by atoms with Crippen LogP contribution in [0, 0.1) is 11.8 Å². The van der Waals surface area contributed by atoms with Gasteiger partial charge in [-0.3, -0.25) is 0 Å². The van der Waals surface area contributed by atoms with Crippen molar-refractivity contribution in [2.45, 2.75) is 0 Å². The van der Waals surface area contributed by atoms with E-state index in [9.17, 15) is 0 Å². The minimum Gasteiger partial charge on any atom is -0.693 e. The van der Waals surface area contributed by atoms with E-state index in [1.807, 2.05) is 0 Å². The van der Waals surface area contributed by atoms with Crippen molar-refractivity contribution in [1.82, 2.24) is 0 Å². The smallest absolute Gasteiger partial charge is 0.693 e. The zero-order valence-electron chi connectivity index (χ0n) is 1.88. The minimum absolute atomic E-state index is 0. The molecule has 24 valence electrons. The maximum atomic E-state index is 6.25.